The highest BCUT2D eigenvalue weighted by atomic mass is 19.1. The standard InChI is InChI=1S/C20H15FN6O3/c21-12-4-6-13(7-5-12)27-16-3-1-2-15(26-10-11-30-20(26)29)17(16)18(25-27)23-19(28)14-8-9-22-24-14/h1-9H,10-11H2,(H,22,24)(H,23,25,28). The van der Waals surface area contributed by atoms with Crippen molar-refractivity contribution >= 4 is 34.4 Å². The van der Waals surface area contributed by atoms with Crippen LogP contribution in [0.4, 0.5) is 20.7 Å². The number of nitrogens with one attached hydrogen (secondary N) is 2. The number of benzene rings is 2. The van der Waals surface area contributed by atoms with E-state index in [2.05, 4.69) is 20.6 Å². The van der Waals surface area contributed by atoms with E-state index in [9.17, 15) is 14.0 Å². The molecule has 1 aliphatic rings. The van der Waals surface area contributed by atoms with Crippen LogP contribution in [0.15, 0.2) is 54.7 Å². The first-order valence-electron chi connectivity index (χ1n) is 9.14. The zero-order valence-electron chi connectivity index (χ0n) is 15.5. The molecular formula is C20H15FN6O3. The SMILES string of the molecule is O=C(Nc1nn(-c2ccc(F)cc2)c2cccc(N3CCOC3=O)c12)c1ccn[nH]1. The second kappa shape index (κ2) is 6.99. The van der Waals surface area contributed by atoms with Crippen molar-refractivity contribution in [1.29, 1.82) is 0 Å². The van der Waals surface area contributed by atoms with E-state index < -0.39 is 12.0 Å². The third-order valence-electron chi connectivity index (χ3n) is 4.79. The number of amides is 2. The summed E-state index contributed by atoms with van der Waals surface area (Å²) in [4.78, 5) is 26.3. The minimum atomic E-state index is -0.470. The number of carbonyl (C=O) groups excluding carboxylic acids is 2. The van der Waals surface area contributed by atoms with Gasteiger partial charge in [0.05, 0.1) is 28.8 Å². The number of anilines is 2. The predicted octanol–water partition coefficient (Wildman–Crippen LogP) is 3.10. The van der Waals surface area contributed by atoms with E-state index in [4.69, 9.17) is 4.74 Å². The number of aromatic nitrogens is 4. The zero-order chi connectivity index (χ0) is 20.7. The lowest BCUT2D eigenvalue weighted by Gasteiger charge is -2.14. The third kappa shape index (κ3) is 2.94. The molecule has 2 aromatic heterocycles. The molecule has 2 aromatic carbocycles. The van der Waals surface area contributed by atoms with E-state index in [1.54, 1.807) is 28.9 Å². The number of cyclic esters (lactones) is 1. The van der Waals surface area contributed by atoms with Gasteiger partial charge in [0.1, 0.15) is 18.1 Å². The molecule has 2 N–H and O–H groups in total. The summed E-state index contributed by atoms with van der Waals surface area (Å²) in [6.45, 7) is 0.658. The average molecular weight is 406 g/mol. The number of hydrogen-bond acceptors (Lipinski definition) is 5. The van der Waals surface area contributed by atoms with Crippen LogP contribution in [0.1, 0.15) is 10.5 Å². The Kier molecular flexibility index (Phi) is 4.16. The zero-order valence-corrected chi connectivity index (χ0v) is 15.5. The van der Waals surface area contributed by atoms with Crippen LogP contribution < -0.4 is 10.2 Å². The molecule has 3 heterocycles. The number of rotatable bonds is 4. The first kappa shape index (κ1) is 17.9. The largest absolute Gasteiger partial charge is 0.447 e. The summed E-state index contributed by atoms with van der Waals surface area (Å²) in [6.07, 6.45) is 0.999. The Bertz CT molecular complexity index is 1250. The molecular weight excluding hydrogens is 391 g/mol. The lowest BCUT2D eigenvalue weighted by atomic mass is 10.2. The molecule has 30 heavy (non-hydrogen) atoms. The number of hydrogen-bond donors (Lipinski definition) is 2. The highest BCUT2D eigenvalue weighted by Gasteiger charge is 2.28. The number of halogens is 1. The number of fused-ring (bicyclic) bond motifs is 1. The smallest absolute Gasteiger partial charge is 0.414 e. The normalized spacial score (nSPS) is 13.6. The summed E-state index contributed by atoms with van der Waals surface area (Å²) < 4.78 is 20.1. The summed E-state index contributed by atoms with van der Waals surface area (Å²) in [7, 11) is 0. The van der Waals surface area contributed by atoms with Gasteiger partial charge in [-0.1, -0.05) is 6.07 Å². The molecule has 1 fully saturated rings. The number of aromatic amines is 1. The highest BCUT2D eigenvalue weighted by molar-refractivity contribution is 6.12. The molecule has 9 nitrogen and oxygen atoms in total. The topological polar surface area (TPSA) is 105 Å². The Labute approximate surface area is 169 Å². The molecule has 150 valence electrons. The molecule has 5 rings (SSSR count). The monoisotopic (exact) mass is 406 g/mol. The van der Waals surface area contributed by atoms with E-state index in [0.29, 0.717) is 28.8 Å². The van der Waals surface area contributed by atoms with Crippen molar-refractivity contribution in [1.82, 2.24) is 20.0 Å². The van der Waals surface area contributed by atoms with Gasteiger partial charge >= 0.3 is 6.09 Å². The second-order valence-electron chi connectivity index (χ2n) is 6.60. The van der Waals surface area contributed by atoms with Gasteiger partial charge in [-0.2, -0.15) is 5.10 Å². The van der Waals surface area contributed by atoms with Crippen LogP contribution in [0.5, 0.6) is 0 Å². The second-order valence-corrected chi connectivity index (χ2v) is 6.60. The maximum absolute atomic E-state index is 13.4. The Morgan fingerprint density at radius 3 is 2.70 bits per heavy atom. The Morgan fingerprint density at radius 2 is 2.00 bits per heavy atom. The van der Waals surface area contributed by atoms with Gasteiger partial charge in [0.25, 0.3) is 5.91 Å². The van der Waals surface area contributed by atoms with E-state index in [1.165, 1.54) is 29.3 Å². The fourth-order valence-electron chi connectivity index (χ4n) is 3.41. The summed E-state index contributed by atoms with van der Waals surface area (Å²) >= 11 is 0. The van der Waals surface area contributed by atoms with Crippen LogP contribution in [-0.4, -0.2) is 45.1 Å². The molecule has 4 aromatic rings. The van der Waals surface area contributed by atoms with Crippen molar-refractivity contribution in [3.05, 3.63) is 66.2 Å². The summed E-state index contributed by atoms with van der Waals surface area (Å²) in [6, 6.07) is 12.7. The maximum atomic E-state index is 13.4. The van der Waals surface area contributed by atoms with Crippen molar-refractivity contribution in [3.8, 4) is 5.69 Å². The van der Waals surface area contributed by atoms with Crippen molar-refractivity contribution in [2.75, 3.05) is 23.4 Å². The molecule has 1 aliphatic heterocycles. The molecule has 0 spiro atoms. The van der Waals surface area contributed by atoms with Crippen molar-refractivity contribution < 1.29 is 18.7 Å². The quantitative estimate of drug-likeness (QED) is 0.542. The van der Waals surface area contributed by atoms with Gasteiger partial charge in [0, 0.05) is 6.20 Å². The third-order valence-corrected chi connectivity index (χ3v) is 4.79. The van der Waals surface area contributed by atoms with Crippen LogP contribution in [-0.2, 0) is 4.74 Å². The number of carbonyl (C=O) groups is 2. The van der Waals surface area contributed by atoms with Crippen LogP contribution in [0.3, 0.4) is 0 Å². The fourth-order valence-corrected chi connectivity index (χ4v) is 3.41. The van der Waals surface area contributed by atoms with Gasteiger partial charge < -0.3 is 10.1 Å². The minimum absolute atomic E-state index is 0.254. The Morgan fingerprint density at radius 1 is 1.17 bits per heavy atom. The molecule has 0 radical (unpaired) electrons. The predicted molar refractivity (Wildman–Crippen MR) is 106 cm³/mol. The lowest BCUT2D eigenvalue weighted by molar-refractivity contribution is 0.102. The first-order chi connectivity index (χ1) is 14.6. The Hall–Kier alpha value is -4.21. The molecule has 0 atom stereocenters. The summed E-state index contributed by atoms with van der Waals surface area (Å²) in [5.41, 5.74) is 2.06. The van der Waals surface area contributed by atoms with Gasteiger partial charge in [0.2, 0.25) is 0 Å². The first-order valence-corrected chi connectivity index (χ1v) is 9.14. The van der Waals surface area contributed by atoms with Gasteiger partial charge in [0.15, 0.2) is 5.82 Å². The molecule has 1 saturated heterocycles. The number of ether oxygens (including phenoxy) is 1. The van der Waals surface area contributed by atoms with Crippen molar-refractivity contribution in [2.24, 2.45) is 0 Å². The van der Waals surface area contributed by atoms with E-state index in [-0.39, 0.29) is 23.9 Å². The van der Waals surface area contributed by atoms with Crippen molar-refractivity contribution in [2.45, 2.75) is 0 Å². The van der Waals surface area contributed by atoms with E-state index >= 15 is 0 Å². The van der Waals surface area contributed by atoms with Gasteiger partial charge in [-0.25, -0.2) is 13.9 Å². The summed E-state index contributed by atoms with van der Waals surface area (Å²) in [5, 5.41) is 14.3. The molecule has 2 amide bonds. The van der Waals surface area contributed by atoms with Gasteiger partial charge in [-0.15, -0.1) is 5.10 Å². The van der Waals surface area contributed by atoms with Crippen LogP contribution in [0.25, 0.3) is 16.6 Å². The van der Waals surface area contributed by atoms with Gasteiger partial charge in [-0.05, 0) is 42.5 Å². The van der Waals surface area contributed by atoms with Crippen LogP contribution in [0, 0.1) is 5.82 Å². The van der Waals surface area contributed by atoms with Crippen LogP contribution >= 0.6 is 0 Å². The molecule has 0 unspecified atom stereocenters. The maximum Gasteiger partial charge on any atom is 0.414 e. The average Bonchev–Trinajstić information content (AvgIpc) is 3.49. The fraction of sp³-hybridized carbons (Fsp3) is 0.100. The number of H-pyrrole nitrogens is 1. The number of nitrogens with zero attached hydrogens (tertiary/aromatic N) is 4. The molecule has 0 saturated carbocycles. The molecule has 10 heteroatoms. The minimum Gasteiger partial charge on any atom is -0.447 e. The lowest BCUT2D eigenvalue weighted by Crippen LogP contribution is -2.23. The Balaban J connectivity index is 1.69. The van der Waals surface area contributed by atoms with Crippen molar-refractivity contribution in [3.63, 3.8) is 0 Å². The highest BCUT2D eigenvalue weighted by Crippen LogP contribution is 2.35. The van der Waals surface area contributed by atoms with Gasteiger partial charge in [-0.3, -0.25) is 14.8 Å². The van der Waals surface area contributed by atoms with E-state index in [1.807, 2.05) is 6.07 Å². The van der Waals surface area contributed by atoms with E-state index in [0.717, 1.165) is 0 Å². The molecule has 0 aliphatic carbocycles. The van der Waals surface area contributed by atoms with Crippen LogP contribution in [0.2, 0.25) is 0 Å². The summed E-state index contributed by atoms with van der Waals surface area (Å²) in [5.74, 6) is -0.551. The molecule has 0 bridgehead atoms.